The topological polar surface area (TPSA) is 120 Å². The molecule has 2 heterocycles. The van der Waals surface area contributed by atoms with E-state index in [1.165, 1.54) is 18.0 Å². The fraction of sp³-hybridized carbons (Fsp3) is 0.219. The molecule has 0 saturated carbocycles. The number of hydrogen-bond donors (Lipinski definition) is 2. The lowest BCUT2D eigenvalue weighted by molar-refractivity contribution is -0.119. The van der Waals surface area contributed by atoms with Crippen molar-refractivity contribution >= 4 is 39.9 Å². The predicted molar refractivity (Wildman–Crippen MR) is 161 cm³/mol. The molecule has 10 nitrogen and oxygen atoms in total. The van der Waals surface area contributed by atoms with Gasteiger partial charge in [-0.1, -0.05) is 32.0 Å². The zero-order chi connectivity index (χ0) is 30.0. The monoisotopic (exact) mass is 564 g/mol. The molecule has 0 aliphatic rings. The van der Waals surface area contributed by atoms with Gasteiger partial charge in [0.25, 0.3) is 5.91 Å². The van der Waals surface area contributed by atoms with Crippen molar-refractivity contribution in [3.63, 3.8) is 0 Å². The van der Waals surface area contributed by atoms with Crippen LogP contribution in [0, 0.1) is 19.8 Å². The zero-order valence-corrected chi connectivity index (χ0v) is 24.1. The van der Waals surface area contributed by atoms with Crippen LogP contribution in [0.5, 0.6) is 5.75 Å². The highest BCUT2D eigenvalue weighted by atomic mass is 16.5. The van der Waals surface area contributed by atoms with Gasteiger partial charge in [0.05, 0.1) is 24.0 Å². The van der Waals surface area contributed by atoms with E-state index in [-0.39, 0.29) is 17.5 Å². The summed E-state index contributed by atoms with van der Waals surface area (Å²) >= 11 is 0. The van der Waals surface area contributed by atoms with E-state index in [1.807, 2.05) is 56.3 Å². The lowest BCUT2D eigenvalue weighted by atomic mass is 10.0. The average Bonchev–Trinajstić information content (AvgIpc) is 3.62. The molecule has 5 aromatic rings. The standard InChI is InChI=1S/C32H32N6O4/c1-19(2)31(40)34-22-12-13-27(42-5)25(18-22)35-32(41)29(37-15-9-14-33-37)30(39)28-24-16-20(3)21(4)17-26(24)38(36-28)23-10-7-6-8-11-23/h6-19,29H,1-5H3,(H,34,40)(H,35,41). The number of nitrogens with one attached hydrogen (secondary N) is 2. The Labute approximate surface area is 243 Å². The first-order valence-electron chi connectivity index (χ1n) is 13.6. The van der Waals surface area contributed by atoms with Crippen molar-refractivity contribution in [1.29, 1.82) is 0 Å². The number of anilines is 2. The fourth-order valence-corrected chi connectivity index (χ4v) is 4.61. The molecule has 5 rings (SSSR count). The van der Waals surface area contributed by atoms with Crippen LogP contribution in [0.25, 0.3) is 16.6 Å². The number of ketones is 1. The Morgan fingerprint density at radius 1 is 0.881 bits per heavy atom. The first kappa shape index (κ1) is 28.3. The van der Waals surface area contributed by atoms with Gasteiger partial charge in [-0.2, -0.15) is 10.2 Å². The molecule has 0 spiro atoms. The molecular weight excluding hydrogens is 532 g/mol. The van der Waals surface area contributed by atoms with Crippen LogP contribution in [-0.2, 0) is 9.59 Å². The first-order valence-corrected chi connectivity index (χ1v) is 13.6. The van der Waals surface area contributed by atoms with E-state index in [4.69, 9.17) is 9.84 Å². The normalized spacial score (nSPS) is 11.9. The Bertz CT molecular complexity index is 1770. The van der Waals surface area contributed by atoms with Crippen molar-refractivity contribution in [2.24, 2.45) is 5.92 Å². The largest absolute Gasteiger partial charge is 0.495 e. The highest BCUT2D eigenvalue weighted by Crippen LogP contribution is 2.31. The van der Waals surface area contributed by atoms with Gasteiger partial charge in [0.2, 0.25) is 11.7 Å². The lowest BCUT2D eigenvalue weighted by Crippen LogP contribution is -2.33. The van der Waals surface area contributed by atoms with Gasteiger partial charge in [0.15, 0.2) is 6.04 Å². The Morgan fingerprint density at radius 2 is 1.62 bits per heavy atom. The Morgan fingerprint density at radius 3 is 2.29 bits per heavy atom. The van der Waals surface area contributed by atoms with Gasteiger partial charge in [-0.3, -0.25) is 19.1 Å². The molecule has 42 heavy (non-hydrogen) atoms. The summed E-state index contributed by atoms with van der Waals surface area (Å²) in [4.78, 5) is 40.5. The van der Waals surface area contributed by atoms with Gasteiger partial charge in [0, 0.05) is 29.4 Å². The molecule has 2 aromatic heterocycles. The van der Waals surface area contributed by atoms with E-state index in [9.17, 15) is 14.4 Å². The minimum absolute atomic E-state index is 0.150. The molecule has 214 valence electrons. The lowest BCUT2D eigenvalue weighted by Gasteiger charge is -2.18. The Hall–Kier alpha value is -5.25. The second kappa shape index (κ2) is 11.7. The van der Waals surface area contributed by atoms with Gasteiger partial charge in [-0.25, -0.2) is 4.68 Å². The quantitative estimate of drug-likeness (QED) is 0.180. The third kappa shape index (κ3) is 5.51. The van der Waals surface area contributed by atoms with E-state index in [0.29, 0.717) is 22.5 Å². The highest BCUT2D eigenvalue weighted by Gasteiger charge is 2.34. The summed E-state index contributed by atoms with van der Waals surface area (Å²) in [7, 11) is 1.47. The summed E-state index contributed by atoms with van der Waals surface area (Å²) in [6, 6.07) is 18.6. The number of carbonyl (C=O) groups is 3. The molecule has 2 N–H and O–H groups in total. The van der Waals surface area contributed by atoms with Crippen molar-refractivity contribution in [2.75, 3.05) is 17.7 Å². The maximum Gasteiger partial charge on any atom is 0.257 e. The summed E-state index contributed by atoms with van der Waals surface area (Å²) in [5, 5.41) is 15.2. The number of carbonyl (C=O) groups excluding carboxylic acids is 3. The van der Waals surface area contributed by atoms with Crippen molar-refractivity contribution in [1.82, 2.24) is 19.6 Å². The highest BCUT2D eigenvalue weighted by molar-refractivity contribution is 6.19. The molecule has 0 fully saturated rings. The summed E-state index contributed by atoms with van der Waals surface area (Å²) in [6.07, 6.45) is 3.06. The zero-order valence-electron chi connectivity index (χ0n) is 24.1. The molecule has 0 aliphatic carbocycles. The molecule has 2 amide bonds. The smallest absolute Gasteiger partial charge is 0.257 e. The number of fused-ring (bicyclic) bond motifs is 1. The number of ether oxygens (including phenoxy) is 1. The number of hydrogen-bond acceptors (Lipinski definition) is 6. The summed E-state index contributed by atoms with van der Waals surface area (Å²) in [5.74, 6) is -1.20. The van der Waals surface area contributed by atoms with Gasteiger partial charge in [0.1, 0.15) is 11.4 Å². The second-order valence-corrected chi connectivity index (χ2v) is 10.4. The van der Waals surface area contributed by atoms with E-state index in [0.717, 1.165) is 22.3 Å². The van der Waals surface area contributed by atoms with Crippen LogP contribution in [0.15, 0.2) is 79.1 Å². The molecule has 1 atom stereocenters. The molecular formula is C32H32N6O4. The molecule has 0 bridgehead atoms. The fourth-order valence-electron chi connectivity index (χ4n) is 4.61. The number of methoxy groups -OCH3 is 1. The maximum absolute atomic E-state index is 14.3. The number of nitrogens with zero attached hydrogens (tertiary/aromatic N) is 4. The molecule has 0 saturated heterocycles. The number of benzene rings is 3. The molecule has 3 aromatic carbocycles. The van der Waals surface area contributed by atoms with Crippen LogP contribution < -0.4 is 15.4 Å². The second-order valence-electron chi connectivity index (χ2n) is 10.4. The number of aryl methyl sites for hydroxylation is 2. The maximum atomic E-state index is 14.3. The third-order valence-corrected chi connectivity index (χ3v) is 7.06. The third-order valence-electron chi connectivity index (χ3n) is 7.06. The van der Waals surface area contributed by atoms with E-state index in [1.54, 1.807) is 49.0 Å². The molecule has 0 radical (unpaired) electrons. The van der Waals surface area contributed by atoms with Gasteiger partial charge in [-0.05, 0) is 73.5 Å². The number of para-hydroxylation sites is 1. The van der Waals surface area contributed by atoms with Crippen molar-refractivity contribution in [3.8, 4) is 11.4 Å². The van der Waals surface area contributed by atoms with Gasteiger partial charge in [-0.15, -0.1) is 0 Å². The van der Waals surface area contributed by atoms with Crippen molar-refractivity contribution < 1.29 is 19.1 Å². The predicted octanol–water partition coefficient (Wildman–Crippen LogP) is 5.50. The number of aromatic nitrogens is 4. The molecule has 1 unspecified atom stereocenters. The van der Waals surface area contributed by atoms with Crippen LogP contribution in [0.2, 0.25) is 0 Å². The summed E-state index contributed by atoms with van der Waals surface area (Å²) in [5.41, 5.74) is 4.51. The van der Waals surface area contributed by atoms with E-state index < -0.39 is 17.7 Å². The molecule has 0 aliphatic heterocycles. The van der Waals surface area contributed by atoms with Crippen molar-refractivity contribution in [2.45, 2.75) is 33.7 Å². The van der Waals surface area contributed by atoms with Crippen LogP contribution >= 0.6 is 0 Å². The number of Topliss-reactive ketones (excluding diaryl/α,β-unsaturated/α-hetero) is 1. The van der Waals surface area contributed by atoms with E-state index in [2.05, 4.69) is 15.7 Å². The number of rotatable bonds is 9. The SMILES string of the molecule is COc1ccc(NC(=O)C(C)C)cc1NC(=O)C(C(=O)c1nn(-c2ccccc2)c2cc(C)c(C)cc12)n1cccn1. The van der Waals surface area contributed by atoms with E-state index >= 15 is 0 Å². The molecule has 10 heteroatoms. The average molecular weight is 565 g/mol. The van der Waals surface area contributed by atoms with Crippen LogP contribution in [-0.4, -0.2) is 44.3 Å². The first-order chi connectivity index (χ1) is 20.2. The minimum Gasteiger partial charge on any atom is -0.495 e. The van der Waals surface area contributed by atoms with Gasteiger partial charge >= 0.3 is 0 Å². The summed E-state index contributed by atoms with van der Waals surface area (Å²) in [6.45, 7) is 7.54. The summed E-state index contributed by atoms with van der Waals surface area (Å²) < 4.78 is 8.48. The minimum atomic E-state index is -1.37. The van der Waals surface area contributed by atoms with Gasteiger partial charge < -0.3 is 15.4 Å². The van der Waals surface area contributed by atoms with Crippen LogP contribution in [0.3, 0.4) is 0 Å². The Balaban J connectivity index is 1.57. The Kier molecular flexibility index (Phi) is 7.88. The van der Waals surface area contributed by atoms with Crippen LogP contribution in [0.4, 0.5) is 11.4 Å². The van der Waals surface area contributed by atoms with Crippen molar-refractivity contribution in [3.05, 3.63) is 95.9 Å². The van der Waals surface area contributed by atoms with Crippen LogP contribution in [0.1, 0.15) is 41.5 Å². The number of amides is 2.